The quantitative estimate of drug-likeness (QED) is 0.405. The van der Waals surface area contributed by atoms with Gasteiger partial charge in [-0.2, -0.15) is 5.26 Å². The molecule has 0 saturated heterocycles. The molecule has 0 heterocycles. The minimum absolute atomic E-state index is 0.0510. The third-order valence-electron chi connectivity index (χ3n) is 3.06. The number of carbonyl (C=O) groups is 1. The zero-order chi connectivity index (χ0) is 16.8. The fraction of sp³-hybridized carbons (Fsp3) is 0.0588. The average molecular weight is 307 g/mol. The largest absolute Gasteiger partial charge is 0.321 e. The van der Waals surface area contributed by atoms with Gasteiger partial charge in [0.05, 0.1) is 4.92 Å². The molecule has 2 rings (SSSR count). The Morgan fingerprint density at radius 3 is 2.52 bits per heavy atom. The zero-order valence-corrected chi connectivity index (χ0v) is 12.3. The van der Waals surface area contributed by atoms with Crippen LogP contribution in [-0.4, -0.2) is 10.8 Å². The van der Waals surface area contributed by atoms with E-state index in [0.29, 0.717) is 11.3 Å². The Morgan fingerprint density at radius 2 is 1.96 bits per heavy atom. The molecule has 0 aromatic heterocycles. The normalized spacial score (nSPS) is 10.7. The van der Waals surface area contributed by atoms with Gasteiger partial charge in [-0.15, -0.1) is 0 Å². The molecule has 1 N–H and O–H groups in total. The molecule has 0 aliphatic heterocycles. The molecule has 23 heavy (non-hydrogen) atoms. The summed E-state index contributed by atoms with van der Waals surface area (Å²) in [5, 5.41) is 22.4. The maximum absolute atomic E-state index is 12.1. The van der Waals surface area contributed by atoms with Gasteiger partial charge in [0.1, 0.15) is 11.6 Å². The van der Waals surface area contributed by atoms with Gasteiger partial charge >= 0.3 is 0 Å². The van der Waals surface area contributed by atoms with Gasteiger partial charge < -0.3 is 5.32 Å². The highest BCUT2D eigenvalue weighted by atomic mass is 16.6. The molecule has 0 aliphatic rings. The van der Waals surface area contributed by atoms with Crippen LogP contribution < -0.4 is 5.32 Å². The summed E-state index contributed by atoms with van der Waals surface area (Å²) >= 11 is 0. The van der Waals surface area contributed by atoms with Crippen molar-refractivity contribution in [3.8, 4) is 6.07 Å². The van der Waals surface area contributed by atoms with Crippen LogP contribution in [0.3, 0.4) is 0 Å². The number of amides is 1. The molecule has 1 amide bonds. The van der Waals surface area contributed by atoms with E-state index in [1.807, 2.05) is 19.1 Å². The number of aryl methyl sites for hydroxylation is 1. The lowest BCUT2D eigenvalue weighted by Crippen LogP contribution is -2.13. The number of nitro groups is 1. The third kappa shape index (κ3) is 4.25. The second-order valence-electron chi connectivity index (χ2n) is 4.84. The molecule has 0 unspecified atom stereocenters. The number of nitriles is 1. The van der Waals surface area contributed by atoms with Crippen LogP contribution in [0.15, 0.2) is 54.1 Å². The molecule has 0 atom stereocenters. The van der Waals surface area contributed by atoms with E-state index in [1.165, 1.54) is 30.3 Å². The predicted molar refractivity (Wildman–Crippen MR) is 86.5 cm³/mol. The first kappa shape index (κ1) is 15.9. The maximum Gasteiger partial charge on any atom is 0.269 e. The van der Waals surface area contributed by atoms with Crippen molar-refractivity contribution in [2.75, 3.05) is 5.32 Å². The fourth-order valence-corrected chi connectivity index (χ4v) is 1.93. The Hall–Kier alpha value is -3.46. The number of nitrogens with zero attached hydrogens (tertiary/aromatic N) is 2. The smallest absolute Gasteiger partial charge is 0.269 e. The molecule has 2 aromatic carbocycles. The van der Waals surface area contributed by atoms with E-state index in [1.54, 1.807) is 18.2 Å². The van der Waals surface area contributed by atoms with Crippen molar-refractivity contribution >= 4 is 23.4 Å². The van der Waals surface area contributed by atoms with E-state index in [4.69, 9.17) is 5.26 Å². The Labute approximate surface area is 132 Å². The van der Waals surface area contributed by atoms with Gasteiger partial charge in [0.2, 0.25) is 0 Å². The standard InChI is InChI=1S/C17H13N3O3/c1-12-3-2-4-15(9-12)19-17(21)14(11-18)10-13-5-7-16(8-6-13)20(22)23/h2-10H,1H3,(H,19,21)/b14-10-. The summed E-state index contributed by atoms with van der Waals surface area (Å²) in [7, 11) is 0. The van der Waals surface area contributed by atoms with Crippen molar-refractivity contribution in [3.05, 3.63) is 75.3 Å². The number of hydrogen-bond acceptors (Lipinski definition) is 4. The highest BCUT2D eigenvalue weighted by Crippen LogP contribution is 2.16. The van der Waals surface area contributed by atoms with Crippen LogP contribution in [0.25, 0.3) is 6.08 Å². The predicted octanol–water partition coefficient (Wildman–Crippen LogP) is 3.45. The molecule has 0 spiro atoms. The van der Waals surface area contributed by atoms with E-state index >= 15 is 0 Å². The molecule has 0 fully saturated rings. The minimum atomic E-state index is -0.531. The average Bonchev–Trinajstić information content (AvgIpc) is 2.53. The highest BCUT2D eigenvalue weighted by Gasteiger charge is 2.10. The number of nitrogens with one attached hydrogen (secondary N) is 1. The summed E-state index contributed by atoms with van der Waals surface area (Å²) in [5.74, 6) is -0.531. The minimum Gasteiger partial charge on any atom is -0.321 e. The Kier molecular flexibility index (Phi) is 4.85. The summed E-state index contributed by atoms with van der Waals surface area (Å²) in [6, 6.07) is 14.7. The molecule has 6 nitrogen and oxygen atoms in total. The van der Waals surface area contributed by atoms with Gasteiger partial charge in [-0.3, -0.25) is 14.9 Å². The Bertz CT molecular complexity index is 818. The van der Waals surface area contributed by atoms with Crippen molar-refractivity contribution < 1.29 is 9.72 Å². The van der Waals surface area contributed by atoms with Crippen LogP contribution in [-0.2, 0) is 4.79 Å². The van der Waals surface area contributed by atoms with Gasteiger partial charge in [-0.05, 0) is 48.4 Å². The Morgan fingerprint density at radius 1 is 1.26 bits per heavy atom. The third-order valence-corrected chi connectivity index (χ3v) is 3.06. The van der Waals surface area contributed by atoms with Gasteiger partial charge in [-0.25, -0.2) is 0 Å². The van der Waals surface area contributed by atoms with Crippen LogP contribution in [0.4, 0.5) is 11.4 Å². The number of non-ortho nitro benzene ring substituents is 1. The van der Waals surface area contributed by atoms with Crippen molar-refractivity contribution in [1.29, 1.82) is 5.26 Å². The lowest BCUT2D eigenvalue weighted by molar-refractivity contribution is -0.384. The van der Waals surface area contributed by atoms with Crippen LogP contribution in [0.2, 0.25) is 0 Å². The molecule has 114 valence electrons. The lowest BCUT2D eigenvalue weighted by atomic mass is 10.1. The highest BCUT2D eigenvalue weighted by molar-refractivity contribution is 6.09. The summed E-state index contributed by atoms with van der Waals surface area (Å²) in [6.45, 7) is 1.90. The van der Waals surface area contributed by atoms with Crippen molar-refractivity contribution in [2.24, 2.45) is 0 Å². The van der Waals surface area contributed by atoms with Crippen molar-refractivity contribution in [2.45, 2.75) is 6.92 Å². The zero-order valence-electron chi connectivity index (χ0n) is 12.3. The van der Waals surface area contributed by atoms with E-state index in [-0.39, 0.29) is 11.3 Å². The molecule has 0 saturated carbocycles. The number of carbonyl (C=O) groups excluding carboxylic acids is 1. The molecular weight excluding hydrogens is 294 g/mol. The molecular formula is C17H13N3O3. The number of rotatable bonds is 4. The number of anilines is 1. The second kappa shape index (κ2) is 7.00. The monoisotopic (exact) mass is 307 g/mol. The maximum atomic E-state index is 12.1. The molecule has 0 aliphatic carbocycles. The molecule has 0 bridgehead atoms. The second-order valence-corrected chi connectivity index (χ2v) is 4.84. The van der Waals surface area contributed by atoms with Crippen LogP contribution >= 0.6 is 0 Å². The topological polar surface area (TPSA) is 96.0 Å². The lowest BCUT2D eigenvalue weighted by Gasteiger charge is -2.05. The fourth-order valence-electron chi connectivity index (χ4n) is 1.93. The van der Waals surface area contributed by atoms with Gasteiger partial charge in [0.25, 0.3) is 11.6 Å². The van der Waals surface area contributed by atoms with Crippen LogP contribution in [0.1, 0.15) is 11.1 Å². The first-order valence-electron chi connectivity index (χ1n) is 6.74. The van der Waals surface area contributed by atoms with E-state index in [0.717, 1.165) is 5.56 Å². The summed E-state index contributed by atoms with van der Waals surface area (Å²) in [4.78, 5) is 22.2. The van der Waals surface area contributed by atoms with Crippen molar-refractivity contribution in [3.63, 3.8) is 0 Å². The number of hydrogen-bond donors (Lipinski definition) is 1. The first-order valence-corrected chi connectivity index (χ1v) is 6.74. The molecule has 0 radical (unpaired) electrons. The SMILES string of the molecule is Cc1cccc(NC(=O)/C(C#N)=C\c2ccc([N+](=O)[O-])cc2)c1. The summed E-state index contributed by atoms with van der Waals surface area (Å²) in [6.07, 6.45) is 1.38. The Balaban J connectivity index is 2.19. The van der Waals surface area contributed by atoms with E-state index in [2.05, 4.69) is 5.32 Å². The first-order chi connectivity index (χ1) is 11.0. The number of nitro benzene ring substituents is 1. The molecule has 6 heteroatoms. The van der Waals surface area contributed by atoms with Crippen LogP contribution in [0.5, 0.6) is 0 Å². The van der Waals surface area contributed by atoms with Crippen molar-refractivity contribution in [1.82, 2.24) is 0 Å². The van der Waals surface area contributed by atoms with E-state index in [9.17, 15) is 14.9 Å². The summed E-state index contributed by atoms with van der Waals surface area (Å²) < 4.78 is 0. The van der Waals surface area contributed by atoms with Crippen LogP contribution in [0, 0.1) is 28.4 Å². The number of benzene rings is 2. The van der Waals surface area contributed by atoms with Gasteiger partial charge in [-0.1, -0.05) is 12.1 Å². The molecule has 2 aromatic rings. The van der Waals surface area contributed by atoms with E-state index < -0.39 is 10.8 Å². The van der Waals surface area contributed by atoms with Gasteiger partial charge in [0, 0.05) is 17.8 Å². The van der Waals surface area contributed by atoms with Gasteiger partial charge in [0.15, 0.2) is 0 Å². The summed E-state index contributed by atoms with van der Waals surface area (Å²) in [5.41, 5.74) is 1.98.